The number of aryl methyl sites for hydroxylation is 1. The number of thioether (sulfide) groups is 1. The number of rotatable bonds is 8. The first kappa shape index (κ1) is 27.5. The lowest BCUT2D eigenvalue weighted by Crippen LogP contribution is -2.30. The third-order valence-electron chi connectivity index (χ3n) is 6.30. The van der Waals surface area contributed by atoms with Gasteiger partial charge in [-0.15, -0.1) is 11.8 Å². The Morgan fingerprint density at radius 3 is 2.49 bits per heavy atom. The third kappa shape index (κ3) is 6.93. The Morgan fingerprint density at radius 1 is 0.902 bits per heavy atom. The number of anilines is 1. The van der Waals surface area contributed by atoms with Crippen molar-refractivity contribution in [3.8, 4) is 5.75 Å². The number of amides is 2. The van der Waals surface area contributed by atoms with Gasteiger partial charge in [0.25, 0.3) is 11.8 Å². The average molecular weight is 563 g/mol. The SMILES string of the molecule is Cc1ccccc1/C=C(\NC(=O)c1ccccc1)C(=O)Nc1cccc(SCc2cc3ccc(O)cc3oc2=O)c1. The van der Waals surface area contributed by atoms with Crippen LogP contribution in [-0.4, -0.2) is 16.9 Å². The highest BCUT2D eigenvalue weighted by Crippen LogP contribution is 2.27. The van der Waals surface area contributed by atoms with E-state index in [9.17, 15) is 19.5 Å². The van der Waals surface area contributed by atoms with Gasteiger partial charge >= 0.3 is 5.63 Å². The maximum Gasteiger partial charge on any atom is 0.340 e. The summed E-state index contributed by atoms with van der Waals surface area (Å²) in [5, 5.41) is 16.0. The number of nitrogens with one attached hydrogen (secondary N) is 2. The highest BCUT2D eigenvalue weighted by molar-refractivity contribution is 7.98. The maximum absolute atomic E-state index is 13.4. The van der Waals surface area contributed by atoms with E-state index in [1.807, 2.05) is 43.3 Å². The van der Waals surface area contributed by atoms with Crippen LogP contribution >= 0.6 is 11.8 Å². The van der Waals surface area contributed by atoms with Crippen LogP contribution in [0.3, 0.4) is 0 Å². The average Bonchev–Trinajstić information content (AvgIpc) is 2.97. The molecule has 0 atom stereocenters. The largest absolute Gasteiger partial charge is 0.508 e. The summed E-state index contributed by atoms with van der Waals surface area (Å²) >= 11 is 1.42. The van der Waals surface area contributed by atoms with Crippen LogP contribution < -0.4 is 16.3 Å². The van der Waals surface area contributed by atoms with E-state index in [1.54, 1.807) is 60.7 Å². The van der Waals surface area contributed by atoms with Gasteiger partial charge in [0.2, 0.25) is 0 Å². The maximum atomic E-state index is 13.4. The zero-order chi connectivity index (χ0) is 28.8. The van der Waals surface area contributed by atoms with Crippen LogP contribution in [0.4, 0.5) is 5.69 Å². The van der Waals surface area contributed by atoms with Crippen molar-refractivity contribution in [3.05, 3.63) is 141 Å². The molecule has 0 unspecified atom stereocenters. The lowest BCUT2D eigenvalue weighted by Gasteiger charge is -2.13. The van der Waals surface area contributed by atoms with Crippen molar-refractivity contribution >= 4 is 46.3 Å². The Morgan fingerprint density at radius 2 is 1.68 bits per heavy atom. The van der Waals surface area contributed by atoms with E-state index in [0.717, 1.165) is 16.0 Å². The smallest absolute Gasteiger partial charge is 0.340 e. The quantitative estimate of drug-likeness (QED) is 0.113. The van der Waals surface area contributed by atoms with E-state index in [-0.39, 0.29) is 11.4 Å². The molecule has 5 rings (SSSR count). The molecule has 0 radical (unpaired) electrons. The van der Waals surface area contributed by atoms with Gasteiger partial charge in [-0.2, -0.15) is 0 Å². The molecule has 7 nitrogen and oxygen atoms in total. The molecule has 1 aromatic heterocycles. The van der Waals surface area contributed by atoms with Crippen molar-refractivity contribution in [2.75, 3.05) is 5.32 Å². The fraction of sp³-hybridized carbons (Fsp3) is 0.0606. The van der Waals surface area contributed by atoms with Crippen LogP contribution in [0.25, 0.3) is 17.0 Å². The summed E-state index contributed by atoms with van der Waals surface area (Å²) in [4.78, 5) is 39.6. The monoisotopic (exact) mass is 562 g/mol. The highest BCUT2D eigenvalue weighted by Gasteiger charge is 2.16. The molecule has 0 saturated heterocycles. The molecule has 41 heavy (non-hydrogen) atoms. The van der Waals surface area contributed by atoms with E-state index in [1.165, 1.54) is 23.9 Å². The Bertz CT molecular complexity index is 1830. The predicted molar refractivity (Wildman–Crippen MR) is 162 cm³/mol. The number of hydrogen-bond donors (Lipinski definition) is 3. The van der Waals surface area contributed by atoms with Crippen LogP contribution in [0.2, 0.25) is 0 Å². The second kappa shape index (κ2) is 12.4. The second-order valence-electron chi connectivity index (χ2n) is 9.29. The molecule has 0 bridgehead atoms. The van der Waals surface area contributed by atoms with Crippen LogP contribution in [0.5, 0.6) is 5.75 Å². The number of hydrogen-bond acceptors (Lipinski definition) is 6. The van der Waals surface area contributed by atoms with Crippen molar-refractivity contribution in [1.29, 1.82) is 0 Å². The summed E-state index contributed by atoms with van der Waals surface area (Å²) in [6, 6.07) is 29.9. The van der Waals surface area contributed by atoms with E-state index < -0.39 is 17.4 Å². The van der Waals surface area contributed by atoms with E-state index >= 15 is 0 Å². The minimum absolute atomic E-state index is 0.0261. The summed E-state index contributed by atoms with van der Waals surface area (Å²) in [6.07, 6.45) is 1.66. The number of phenols is 1. The minimum Gasteiger partial charge on any atom is -0.508 e. The fourth-order valence-corrected chi connectivity index (χ4v) is 5.02. The number of fused-ring (bicyclic) bond motifs is 1. The Balaban J connectivity index is 1.34. The third-order valence-corrected chi connectivity index (χ3v) is 7.34. The van der Waals surface area contributed by atoms with Gasteiger partial charge in [-0.05, 0) is 72.7 Å². The van der Waals surface area contributed by atoms with Crippen LogP contribution in [0.15, 0.2) is 123 Å². The zero-order valence-corrected chi connectivity index (χ0v) is 22.9. The number of benzene rings is 4. The van der Waals surface area contributed by atoms with Gasteiger partial charge in [-0.1, -0.05) is 48.5 Å². The fourth-order valence-electron chi connectivity index (χ4n) is 4.11. The van der Waals surface area contributed by atoms with Crippen molar-refractivity contribution in [2.24, 2.45) is 0 Å². The molecule has 0 saturated carbocycles. The second-order valence-corrected chi connectivity index (χ2v) is 10.3. The summed E-state index contributed by atoms with van der Waals surface area (Å²) < 4.78 is 5.36. The van der Waals surface area contributed by atoms with Gasteiger partial charge in [0, 0.05) is 38.9 Å². The molecule has 204 valence electrons. The Kier molecular flexibility index (Phi) is 8.31. The first-order valence-corrected chi connectivity index (χ1v) is 13.8. The standard InChI is InChI=1S/C33H26N2O5S/c1-21-8-5-6-11-23(21)17-29(35-31(37)22-9-3-2-4-10-22)32(38)34-26-12-7-13-28(18-26)41-20-25-16-24-14-15-27(36)19-30(24)40-33(25)39/h2-19,36H,20H2,1H3,(H,34,38)(H,35,37)/b29-17-. The predicted octanol–water partition coefficient (Wildman–Crippen LogP) is 6.51. The molecular formula is C33H26N2O5S. The van der Waals surface area contributed by atoms with Gasteiger partial charge in [-0.25, -0.2) is 4.79 Å². The topological polar surface area (TPSA) is 109 Å². The molecule has 2 amide bonds. The number of aromatic hydroxyl groups is 1. The highest BCUT2D eigenvalue weighted by atomic mass is 32.2. The molecule has 3 N–H and O–H groups in total. The summed E-state index contributed by atoms with van der Waals surface area (Å²) in [6.45, 7) is 1.93. The van der Waals surface area contributed by atoms with E-state index in [0.29, 0.717) is 33.5 Å². The first-order chi connectivity index (χ1) is 19.9. The van der Waals surface area contributed by atoms with Gasteiger partial charge in [0.1, 0.15) is 17.0 Å². The van der Waals surface area contributed by atoms with Crippen LogP contribution in [0, 0.1) is 6.92 Å². The van der Waals surface area contributed by atoms with E-state index in [4.69, 9.17) is 4.42 Å². The van der Waals surface area contributed by atoms with Gasteiger partial charge in [0.15, 0.2) is 0 Å². The molecule has 4 aromatic carbocycles. The molecule has 8 heteroatoms. The van der Waals surface area contributed by atoms with Gasteiger partial charge < -0.3 is 20.2 Å². The van der Waals surface area contributed by atoms with Gasteiger partial charge in [0.05, 0.1) is 0 Å². The number of carbonyl (C=O) groups excluding carboxylic acids is 2. The molecule has 1 heterocycles. The van der Waals surface area contributed by atoms with Crippen LogP contribution in [-0.2, 0) is 10.5 Å². The normalized spacial score (nSPS) is 11.3. The summed E-state index contributed by atoms with van der Waals surface area (Å²) in [5.41, 5.74) is 3.16. The Labute approximate surface area is 240 Å². The van der Waals surface area contributed by atoms with E-state index in [2.05, 4.69) is 10.6 Å². The molecule has 0 aliphatic carbocycles. The molecule has 0 fully saturated rings. The number of carbonyl (C=O) groups is 2. The first-order valence-electron chi connectivity index (χ1n) is 12.8. The van der Waals surface area contributed by atoms with Crippen molar-refractivity contribution in [2.45, 2.75) is 17.6 Å². The lowest BCUT2D eigenvalue weighted by molar-refractivity contribution is -0.113. The lowest BCUT2D eigenvalue weighted by atomic mass is 10.1. The Hall–Kier alpha value is -5.08. The molecule has 5 aromatic rings. The molecule has 0 aliphatic heterocycles. The number of phenolic OH excluding ortho intramolecular Hbond substituents is 1. The minimum atomic E-state index is -0.474. The van der Waals surface area contributed by atoms with Crippen LogP contribution in [0.1, 0.15) is 27.0 Å². The molecule has 0 spiro atoms. The van der Waals surface area contributed by atoms with Gasteiger partial charge in [-0.3, -0.25) is 9.59 Å². The van der Waals surface area contributed by atoms with Crippen molar-refractivity contribution in [3.63, 3.8) is 0 Å². The molecule has 0 aliphatic rings. The van der Waals surface area contributed by atoms with Crippen molar-refractivity contribution < 1.29 is 19.1 Å². The molecular weight excluding hydrogens is 536 g/mol. The zero-order valence-electron chi connectivity index (χ0n) is 22.1. The summed E-state index contributed by atoms with van der Waals surface area (Å²) in [5.74, 6) is -0.493. The van der Waals surface area contributed by atoms with Crippen molar-refractivity contribution in [1.82, 2.24) is 5.32 Å². The summed E-state index contributed by atoms with van der Waals surface area (Å²) in [7, 11) is 0.